The molecule has 2 unspecified atom stereocenters. The Balaban J connectivity index is 2.29. The maximum absolute atomic E-state index is 13.5. The molecule has 0 amide bonds. The number of carbonyl (C=O) groups excluding carboxylic acids is 1. The van der Waals surface area contributed by atoms with E-state index in [4.69, 9.17) is 0 Å². The standard InChI is InChI=1S/C17H14Br2F2O/c1-9(11-3-13(18)7-15(20)5-11)17(22)10(2)12-4-14(19)8-16(21)6-12/h3-10H,1-2H3. The molecule has 0 saturated heterocycles. The maximum atomic E-state index is 13.5. The van der Waals surface area contributed by atoms with E-state index in [9.17, 15) is 13.6 Å². The molecule has 0 spiro atoms. The second kappa shape index (κ2) is 7.01. The van der Waals surface area contributed by atoms with Crippen molar-refractivity contribution in [3.8, 4) is 0 Å². The minimum absolute atomic E-state index is 0.0880. The molecule has 1 nitrogen and oxygen atoms in total. The van der Waals surface area contributed by atoms with Crippen molar-refractivity contribution >= 4 is 37.6 Å². The highest BCUT2D eigenvalue weighted by Crippen LogP contribution is 2.30. The predicted molar refractivity (Wildman–Crippen MR) is 90.0 cm³/mol. The molecule has 0 saturated carbocycles. The lowest BCUT2D eigenvalue weighted by molar-refractivity contribution is -0.121. The molecule has 0 aliphatic rings. The number of halogens is 4. The summed E-state index contributed by atoms with van der Waals surface area (Å²) < 4.78 is 28.1. The van der Waals surface area contributed by atoms with Crippen LogP contribution in [0.15, 0.2) is 45.3 Å². The second-order valence-corrected chi connectivity index (χ2v) is 7.08. The van der Waals surface area contributed by atoms with Crippen molar-refractivity contribution < 1.29 is 13.6 Å². The van der Waals surface area contributed by atoms with Gasteiger partial charge >= 0.3 is 0 Å². The molecule has 0 radical (unpaired) electrons. The molecule has 2 aromatic carbocycles. The number of hydrogen-bond acceptors (Lipinski definition) is 1. The van der Waals surface area contributed by atoms with Gasteiger partial charge in [0, 0.05) is 20.8 Å². The van der Waals surface area contributed by atoms with E-state index in [0.717, 1.165) is 0 Å². The topological polar surface area (TPSA) is 17.1 Å². The zero-order valence-corrected chi connectivity index (χ0v) is 15.2. The first-order chi connectivity index (χ1) is 10.3. The molecule has 2 aromatic rings. The van der Waals surface area contributed by atoms with Crippen LogP contribution < -0.4 is 0 Å². The Hall–Kier alpha value is -1.07. The van der Waals surface area contributed by atoms with Crippen LogP contribution in [0, 0.1) is 11.6 Å². The van der Waals surface area contributed by atoms with Crippen LogP contribution in [0.4, 0.5) is 8.78 Å². The summed E-state index contributed by atoms with van der Waals surface area (Å²) in [7, 11) is 0. The Labute approximate surface area is 145 Å². The minimum atomic E-state index is -0.482. The smallest absolute Gasteiger partial charge is 0.147 e. The van der Waals surface area contributed by atoms with E-state index in [0.29, 0.717) is 20.1 Å². The van der Waals surface area contributed by atoms with Gasteiger partial charge in [0.2, 0.25) is 0 Å². The van der Waals surface area contributed by atoms with E-state index < -0.39 is 23.5 Å². The lowest BCUT2D eigenvalue weighted by Crippen LogP contribution is -2.17. The van der Waals surface area contributed by atoms with Crippen molar-refractivity contribution in [1.29, 1.82) is 0 Å². The molecule has 0 heterocycles. The van der Waals surface area contributed by atoms with Crippen LogP contribution in [0.2, 0.25) is 0 Å². The van der Waals surface area contributed by atoms with Crippen molar-refractivity contribution in [2.24, 2.45) is 0 Å². The van der Waals surface area contributed by atoms with Crippen molar-refractivity contribution in [2.75, 3.05) is 0 Å². The van der Waals surface area contributed by atoms with E-state index in [-0.39, 0.29) is 5.78 Å². The molecule has 0 N–H and O–H groups in total. The van der Waals surface area contributed by atoms with E-state index in [1.165, 1.54) is 24.3 Å². The average Bonchev–Trinajstić information content (AvgIpc) is 2.42. The molecule has 2 atom stereocenters. The predicted octanol–water partition coefficient (Wildman–Crippen LogP) is 5.97. The number of carbonyl (C=O) groups is 1. The summed E-state index contributed by atoms with van der Waals surface area (Å²) in [5.41, 5.74) is 1.19. The van der Waals surface area contributed by atoms with E-state index in [2.05, 4.69) is 31.9 Å². The maximum Gasteiger partial charge on any atom is 0.147 e. The quantitative estimate of drug-likeness (QED) is 0.583. The van der Waals surface area contributed by atoms with Gasteiger partial charge in [0.15, 0.2) is 0 Å². The van der Waals surface area contributed by atoms with Crippen LogP contribution in [0.5, 0.6) is 0 Å². The summed E-state index contributed by atoms with van der Waals surface area (Å²) in [6.07, 6.45) is 0. The molecular formula is C17H14Br2F2O. The molecule has 5 heteroatoms. The fourth-order valence-corrected chi connectivity index (χ4v) is 3.32. The Bertz CT molecular complexity index is 616. The normalized spacial score (nSPS) is 13.7. The van der Waals surface area contributed by atoms with Crippen LogP contribution in [0.3, 0.4) is 0 Å². The molecule has 22 heavy (non-hydrogen) atoms. The summed E-state index contributed by atoms with van der Waals surface area (Å²) in [5.74, 6) is -1.85. The van der Waals surface area contributed by atoms with Gasteiger partial charge in [-0.25, -0.2) is 8.78 Å². The number of rotatable bonds is 4. The molecule has 0 aromatic heterocycles. The largest absolute Gasteiger partial charge is 0.298 e. The van der Waals surface area contributed by atoms with Crippen molar-refractivity contribution in [3.63, 3.8) is 0 Å². The van der Waals surface area contributed by atoms with Crippen LogP contribution in [0.1, 0.15) is 36.8 Å². The molecule has 2 rings (SSSR count). The van der Waals surface area contributed by atoms with Crippen molar-refractivity contribution in [2.45, 2.75) is 25.7 Å². The third-order valence-electron chi connectivity index (χ3n) is 3.62. The third-order valence-corrected chi connectivity index (χ3v) is 4.54. The first kappa shape index (κ1) is 17.3. The van der Waals surface area contributed by atoms with Crippen molar-refractivity contribution in [1.82, 2.24) is 0 Å². The summed E-state index contributed by atoms with van der Waals surface area (Å²) in [6, 6.07) is 8.82. The van der Waals surface area contributed by atoms with Crippen LogP contribution in [-0.4, -0.2) is 5.78 Å². The Morgan fingerprint density at radius 3 is 1.50 bits per heavy atom. The van der Waals surface area contributed by atoms with Gasteiger partial charge in [0.1, 0.15) is 17.4 Å². The first-order valence-corrected chi connectivity index (χ1v) is 8.32. The first-order valence-electron chi connectivity index (χ1n) is 6.73. The van der Waals surface area contributed by atoms with Gasteiger partial charge < -0.3 is 0 Å². The molecule has 0 bridgehead atoms. The Kier molecular flexibility index (Phi) is 5.50. The van der Waals surface area contributed by atoms with Gasteiger partial charge in [-0.2, -0.15) is 0 Å². The Morgan fingerprint density at radius 1 is 0.818 bits per heavy atom. The second-order valence-electron chi connectivity index (χ2n) is 5.25. The number of ketones is 1. The minimum Gasteiger partial charge on any atom is -0.298 e. The number of Topliss-reactive ketones (excluding diaryl/α,β-unsaturated/α-hetero) is 1. The van der Waals surface area contributed by atoms with Crippen LogP contribution in [-0.2, 0) is 4.79 Å². The van der Waals surface area contributed by atoms with Crippen LogP contribution in [0.25, 0.3) is 0 Å². The average molecular weight is 432 g/mol. The van der Waals surface area contributed by atoms with E-state index in [1.54, 1.807) is 26.0 Å². The zero-order chi connectivity index (χ0) is 16.4. The molecule has 116 valence electrons. The molecule has 0 aliphatic heterocycles. The Morgan fingerprint density at radius 2 is 1.18 bits per heavy atom. The monoisotopic (exact) mass is 430 g/mol. The lowest BCUT2D eigenvalue weighted by Gasteiger charge is -2.18. The van der Waals surface area contributed by atoms with Gasteiger partial charge in [-0.05, 0) is 47.5 Å². The van der Waals surface area contributed by atoms with Crippen molar-refractivity contribution in [3.05, 3.63) is 68.1 Å². The summed E-state index contributed by atoms with van der Waals surface area (Å²) >= 11 is 6.45. The highest BCUT2D eigenvalue weighted by molar-refractivity contribution is 9.10. The number of benzene rings is 2. The lowest BCUT2D eigenvalue weighted by atomic mass is 9.86. The van der Waals surface area contributed by atoms with Gasteiger partial charge in [0.25, 0.3) is 0 Å². The summed E-state index contributed by atoms with van der Waals surface area (Å²) in [4.78, 5) is 12.6. The molecule has 0 fully saturated rings. The highest BCUT2D eigenvalue weighted by Gasteiger charge is 2.24. The van der Waals surface area contributed by atoms with Gasteiger partial charge in [-0.15, -0.1) is 0 Å². The third kappa shape index (κ3) is 4.02. The molecular weight excluding hydrogens is 418 g/mol. The zero-order valence-electron chi connectivity index (χ0n) is 12.0. The van der Waals surface area contributed by atoms with Gasteiger partial charge in [0.05, 0.1) is 0 Å². The van der Waals surface area contributed by atoms with Gasteiger partial charge in [-0.3, -0.25) is 4.79 Å². The van der Waals surface area contributed by atoms with Gasteiger partial charge in [-0.1, -0.05) is 45.7 Å². The fraction of sp³-hybridized carbons (Fsp3) is 0.235. The summed E-state index contributed by atoms with van der Waals surface area (Å²) in [6.45, 7) is 3.46. The fourth-order valence-electron chi connectivity index (χ4n) is 2.35. The number of hydrogen-bond donors (Lipinski definition) is 0. The highest BCUT2D eigenvalue weighted by atomic mass is 79.9. The summed E-state index contributed by atoms with van der Waals surface area (Å²) in [5, 5.41) is 0. The molecule has 0 aliphatic carbocycles. The van der Waals surface area contributed by atoms with E-state index >= 15 is 0 Å². The van der Waals surface area contributed by atoms with E-state index in [1.807, 2.05) is 0 Å². The SMILES string of the molecule is CC(C(=O)C(C)c1cc(F)cc(Br)c1)c1cc(F)cc(Br)c1. The van der Waals surface area contributed by atoms with Crippen LogP contribution >= 0.6 is 31.9 Å².